The normalized spacial score (nSPS) is 16.4. The Morgan fingerprint density at radius 2 is 1.80 bits per heavy atom. The second kappa shape index (κ2) is 8.08. The topological polar surface area (TPSA) is 102 Å². The molecule has 3 aromatic rings. The summed E-state index contributed by atoms with van der Waals surface area (Å²) in [7, 11) is -3.61. The number of nitrogens with one attached hydrogen (secondary N) is 1. The summed E-state index contributed by atoms with van der Waals surface area (Å²) in [5.41, 5.74) is 1.27. The number of hydrogen-bond acceptors (Lipinski definition) is 5. The molecule has 1 amide bonds. The van der Waals surface area contributed by atoms with Crippen molar-refractivity contribution >= 4 is 32.7 Å². The number of piperidine rings is 1. The molecule has 4 rings (SSSR count). The first-order valence-electron chi connectivity index (χ1n) is 9.89. The molecule has 1 unspecified atom stereocenters. The van der Waals surface area contributed by atoms with Gasteiger partial charge in [0, 0.05) is 18.8 Å². The number of nitrogens with zero attached hydrogens (tertiary/aromatic N) is 2. The number of hydrogen-bond donors (Lipinski definition) is 1. The van der Waals surface area contributed by atoms with E-state index in [1.54, 1.807) is 43.3 Å². The van der Waals surface area contributed by atoms with Crippen molar-refractivity contribution in [2.45, 2.75) is 37.1 Å². The average molecular weight is 429 g/mol. The van der Waals surface area contributed by atoms with Gasteiger partial charge in [0.2, 0.25) is 15.9 Å². The number of carbonyl (C=O) groups excluding carboxylic acids is 1. The van der Waals surface area contributed by atoms with Crippen LogP contribution >= 0.6 is 0 Å². The quantitative estimate of drug-likeness (QED) is 0.672. The maximum absolute atomic E-state index is 12.9. The molecule has 0 saturated carbocycles. The Labute approximate surface area is 174 Å². The zero-order valence-electron chi connectivity index (χ0n) is 16.6. The van der Waals surface area contributed by atoms with Crippen LogP contribution in [0.4, 0.5) is 5.69 Å². The number of para-hydroxylation sites is 2. The number of sulfonamides is 1. The Morgan fingerprint density at radius 1 is 1.07 bits per heavy atom. The van der Waals surface area contributed by atoms with E-state index in [9.17, 15) is 18.0 Å². The fourth-order valence-corrected chi connectivity index (χ4v) is 5.27. The predicted molar refractivity (Wildman–Crippen MR) is 113 cm³/mol. The number of oxazole rings is 1. The number of amides is 1. The van der Waals surface area contributed by atoms with Crippen molar-refractivity contribution in [1.82, 2.24) is 8.87 Å². The molecule has 2 aromatic carbocycles. The molecule has 158 valence electrons. The lowest BCUT2D eigenvalue weighted by Gasteiger charge is -2.26. The van der Waals surface area contributed by atoms with Gasteiger partial charge in [0.05, 0.1) is 10.4 Å². The fourth-order valence-electron chi connectivity index (χ4n) is 3.70. The highest BCUT2D eigenvalue weighted by Crippen LogP contribution is 2.24. The van der Waals surface area contributed by atoms with Crippen LogP contribution in [0.15, 0.2) is 62.6 Å². The van der Waals surface area contributed by atoms with Crippen LogP contribution in [0, 0.1) is 0 Å². The molecule has 9 heteroatoms. The van der Waals surface area contributed by atoms with E-state index in [2.05, 4.69) is 5.32 Å². The van der Waals surface area contributed by atoms with Crippen molar-refractivity contribution in [2.24, 2.45) is 0 Å². The van der Waals surface area contributed by atoms with Gasteiger partial charge in [0.1, 0.15) is 6.04 Å². The monoisotopic (exact) mass is 429 g/mol. The Bertz CT molecular complexity index is 1240. The molecule has 1 aliphatic rings. The number of carbonyl (C=O) groups is 1. The van der Waals surface area contributed by atoms with Gasteiger partial charge in [-0.15, -0.1) is 0 Å². The maximum atomic E-state index is 12.9. The van der Waals surface area contributed by atoms with Crippen molar-refractivity contribution in [3.63, 3.8) is 0 Å². The zero-order chi connectivity index (χ0) is 21.3. The zero-order valence-corrected chi connectivity index (χ0v) is 17.4. The molecule has 30 heavy (non-hydrogen) atoms. The Balaban J connectivity index is 1.57. The van der Waals surface area contributed by atoms with E-state index in [0.717, 1.165) is 19.3 Å². The molecule has 1 atom stereocenters. The van der Waals surface area contributed by atoms with Gasteiger partial charge in [0.25, 0.3) is 0 Å². The average Bonchev–Trinajstić information content (AvgIpc) is 3.09. The fraction of sp³-hybridized carbons (Fsp3) is 0.333. The molecule has 1 fully saturated rings. The summed E-state index contributed by atoms with van der Waals surface area (Å²) in [6, 6.07) is 12.2. The van der Waals surface area contributed by atoms with Gasteiger partial charge in [-0.2, -0.15) is 4.31 Å². The first-order chi connectivity index (χ1) is 14.4. The van der Waals surface area contributed by atoms with Crippen molar-refractivity contribution in [3.05, 3.63) is 59.1 Å². The largest absolute Gasteiger partial charge is 0.420 e. The van der Waals surface area contributed by atoms with Gasteiger partial charge >= 0.3 is 5.76 Å². The van der Waals surface area contributed by atoms with Gasteiger partial charge in [-0.05, 0) is 50.1 Å². The summed E-state index contributed by atoms with van der Waals surface area (Å²) in [4.78, 5) is 25.2. The van der Waals surface area contributed by atoms with E-state index in [1.807, 2.05) is 0 Å². The van der Waals surface area contributed by atoms with Crippen LogP contribution in [0.5, 0.6) is 0 Å². The van der Waals surface area contributed by atoms with Crippen LogP contribution in [0.2, 0.25) is 0 Å². The van der Waals surface area contributed by atoms with E-state index in [-0.39, 0.29) is 4.90 Å². The van der Waals surface area contributed by atoms with E-state index in [0.29, 0.717) is 29.9 Å². The van der Waals surface area contributed by atoms with Gasteiger partial charge in [0.15, 0.2) is 5.58 Å². The Kier molecular flexibility index (Phi) is 5.48. The number of anilines is 1. The standard InChI is InChI=1S/C21H23N3O5S/c1-15(24-18-10-3-4-11-19(18)29-21(24)26)20(25)22-16-8-7-9-17(14-16)30(27,28)23-12-5-2-6-13-23/h3-4,7-11,14-15H,2,5-6,12-13H2,1H3,(H,22,25). The van der Waals surface area contributed by atoms with Crippen LogP contribution in [-0.2, 0) is 14.8 Å². The summed E-state index contributed by atoms with van der Waals surface area (Å²) in [5.74, 6) is -1.07. The highest BCUT2D eigenvalue weighted by Gasteiger charge is 2.27. The van der Waals surface area contributed by atoms with Crippen LogP contribution in [-0.4, -0.2) is 36.3 Å². The Morgan fingerprint density at radius 3 is 2.57 bits per heavy atom. The molecule has 2 heterocycles. The molecule has 0 spiro atoms. The third-order valence-electron chi connectivity index (χ3n) is 5.34. The lowest BCUT2D eigenvalue weighted by atomic mass is 10.2. The van der Waals surface area contributed by atoms with Crippen molar-refractivity contribution in [2.75, 3.05) is 18.4 Å². The summed E-state index contributed by atoms with van der Waals surface area (Å²) >= 11 is 0. The van der Waals surface area contributed by atoms with E-state index in [1.165, 1.54) is 21.0 Å². The molecular formula is C21H23N3O5S. The maximum Gasteiger partial charge on any atom is 0.420 e. The minimum absolute atomic E-state index is 0.140. The van der Waals surface area contributed by atoms with Crippen molar-refractivity contribution in [3.8, 4) is 0 Å². The van der Waals surface area contributed by atoms with Gasteiger partial charge in [-0.3, -0.25) is 9.36 Å². The summed E-state index contributed by atoms with van der Waals surface area (Å²) in [6.45, 7) is 2.60. The molecule has 1 saturated heterocycles. The van der Waals surface area contributed by atoms with E-state index >= 15 is 0 Å². The molecule has 1 aliphatic heterocycles. The number of benzene rings is 2. The molecule has 1 aromatic heterocycles. The number of aromatic nitrogens is 1. The predicted octanol–water partition coefficient (Wildman–Crippen LogP) is 2.97. The van der Waals surface area contributed by atoms with Gasteiger partial charge in [-0.25, -0.2) is 13.2 Å². The summed E-state index contributed by atoms with van der Waals surface area (Å²) in [6.07, 6.45) is 2.73. The molecule has 8 nitrogen and oxygen atoms in total. The highest BCUT2D eigenvalue weighted by molar-refractivity contribution is 7.89. The minimum atomic E-state index is -3.61. The van der Waals surface area contributed by atoms with Crippen LogP contribution in [0.25, 0.3) is 11.1 Å². The Hall–Kier alpha value is -2.91. The first kappa shape index (κ1) is 20.4. The lowest BCUT2D eigenvalue weighted by molar-refractivity contribution is -0.118. The van der Waals surface area contributed by atoms with E-state index in [4.69, 9.17) is 4.42 Å². The second-order valence-corrected chi connectivity index (χ2v) is 9.30. The highest BCUT2D eigenvalue weighted by atomic mass is 32.2. The molecule has 1 N–H and O–H groups in total. The molecule has 0 bridgehead atoms. The smallest absolute Gasteiger partial charge is 0.408 e. The number of fused-ring (bicyclic) bond motifs is 1. The molecule has 0 aliphatic carbocycles. The van der Waals surface area contributed by atoms with Crippen molar-refractivity contribution in [1.29, 1.82) is 0 Å². The summed E-state index contributed by atoms with van der Waals surface area (Å²) in [5, 5.41) is 2.71. The van der Waals surface area contributed by atoms with Crippen LogP contribution in [0.1, 0.15) is 32.2 Å². The van der Waals surface area contributed by atoms with Gasteiger partial charge in [-0.1, -0.05) is 24.6 Å². The first-order valence-corrected chi connectivity index (χ1v) is 11.3. The van der Waals surface area contributed by atoms with Gasteiger partial charge < -0.3 is 9.73 Å². The molecular weight excluding hydrogens is 406 g/mol. The number of rotatable bonds is 5. The SMILES string of the molecule is CC(C(=O)Nc1cccc(S(=O)(=O)N2CCCCC2)c1)n1c(=O)oc2ccccc21. The minimum Gasteiger partial charge on any atom is -0.408 e. The van der Waals surface area contributed by atoms with Crippen molar-refractivity contribution < 1.29 is 17.6 Å². The lowest BCUT2D eigenvalue weighted by Crippen LogP contribution is -2.35. The summed E-state index contributed by atoms with van der Waals surface area (Å²) < 4.78 is 33.7. The van der Waals surface area contributed by atoms with Crippen LogP contribution < -0.4 is 11.1 Å². The third-order valence-corrected chi connectivity index (χ3v) is 7.23. The third kappa shape index (κ3) is 3.78. The van der Waals surface area contributed by atoms with E-state index < -0.39 is 27.7 Å². The second-order valence-electron chi connectivity index (χ2n) is 7.36. The van der Waals surface area contributed by atoms with Crippen LogP contribution in [0.3, 0.4) is 0 Å². The molecule has 0 radical (unpaired) electrons.